The minimum Gasteiger partial charge on any atom is -0.463 e. The fourth-order valence-electron chi connectivity index (χ4n) is 1.48. The topological polar surface area (TPSA) is 55.1 Å². The molecule has 1 heterocycles. The first-order valence-electron chi connectivity index (χ1n) is 4.33. The Morgan fingerprint density at radius 1 is 1.60 bits per heavy atom. The summed E-state index contributed by atoms with van der Waals surface area (Å²) in [6.07, 6.45) is 4.13. The van der Waals surface area contributed by atoms with Crippen LogP contribution in [0, 0.1) is 19.3 Å². The van der Waals surface area contributed by atoms with Gasteiger partial charge in [0.05, 0.1) is 5.52 Å². The molecule has 2 aromatic rings. The van der Waals surface area contributed by atoms with Crippen LogP contribution < -0.4 is 0 Å². The zero-order chi connectivity index (χ0) is 11.0. The Kier molecular flexibility index (Phi) is 1.94. The summed E-state index contributed by atoms with van der Waals surface area (Å²) in [5.74, 6) is 2.38. The predicted octanol–water partition coefficient (Wildman–Crippen LogP) is 1.85. The molecule has 2 rings (SSSR count). The lowest BCUT2D eigenvalue weighted by atomic mass is 10.1. The molecule has 1 aromatic carbocycles. The normalized spacial score (nSPS) is 10.1. The monoisotopic (exact) mass is 200 g/mol. The summed E-state index contributed by atoms with van der Waals surface area (Å²) in [5, 5.41) is 13.4. The van der Waals surface area contributed by atoms with Crippen LogP contribution in [0.2, 0.25) is 0 Å². The van der Waals surface area contributed by atoms with Crippen molar-refractivity contribution in [2.75, 3.05) is 0 Å². The Morgan fingerprint density at radius 2 is 2.33 bits per heavy atom. The number of carboxylic acid groups (broad SMARTS) is 1. The van der Waals surface area contributed by atoms with Gasteiger partial charge in [0.2, 0.25) is 0 Å². The highest BCUT2D eigenvalue weighted by atomic mass is 16.4. The maximum Gasteiger partial charge on any atom is 0.432 e. The maximum atomic E-state index is 10.9. The smallest absolute Gasteiger partial charge is 0.432 e. The van der Waals surface area contributed by atoms with Gasteiger partial charge in [-0.15, -0.1) is 6.42 Å². The van der Waals surface area contributed by atoms with E-state index in [4.69, 9.17) is 11.5 Å². The molecular formula is C11H8N2O2. The highest BCUT2D eigenvalue weighted by Gasteiger charge is 2.12. The molecule has 0 aliphatic carbocycles. The van der Waals surface area contributed by atoms with Crippen LogP contribution in [0.15, 0.2) is 18.2 Å². The third kappa shape index (κ3) is 1.34. The zero-order valence-corrected chi connectivity index (χ0v) is 8.06. The average Bonchev–Trinajstić information content (AvgIpc) is 2.55. The summed E-state index contributed by atoms with van der Waals surface area (Å²) >= 11 is 0. The van der Waals surface area contributed by atoms with E-state index in [1.165, 1.54) is 0 Å². The van der Waals surface area contributed by atoms with E-state index in [0.717, 1.165) is 10.2 Å². The van der Waals surface area contributed by atoms with Crippen LogP contribution in [0.4, 0.5) is 4.79 Å². The fourth-order valence-corrected chi connectivity index (χ4v) is 1.48. The molecule has 1 aromatic heterocycles. The molecule has 0 atom stereocenters. The number of hydrogen-bond donors (Lipinski definition) is 1. The Morgan fingerprint density at radius 3 is 2.93 bits per heavy atom. The van der Waals surface area contributed by atoms with Gasteiger partial charge in [-0.3, -0.25) is 0 Å². The van der Waals surface area contributed by atoms with Crippen LogP contribution in [0.1, 0.15) is 11.3 Å². The number of carbonyl (C=O) groups is 1. The standard InChI is InChI=1S/C11H8N2O2/c1-3-9-8-6-7(2)4-5-10(8)13(12-9)11(14)15/h1,4-6H,2H3,(H,14,15). The summed E-state index contributed by atoms with van der Waals surface area (Å²) < 4.78 is 0.893. The summed E-state index contributed by atoms with van der Waals surface area (Å²) in [7, 11) is 0. The number of aromatic nitrogens is 2. The quantitative estimate of drug-likeness (QED) is 0.660. The van der Waals surface area contributed by atoms with Crippen LogP contribution in [0.3, 0.4) is 0 Å². The van der Waals surface area contributed by atoms with Gasteiger partial charge in [-0.25, -0.2) is 4.79 Å². The number of hydrogen-bond acceptors (Lipinski definition) is 2. The third-order valence-corrected chi connectivity index (χ3v) is 2.15. The van der Waals surface area contributed by atoms with Gasteiger partial charge in [0, 0.05) is 5.39 Å². The molecule has 74 valence electrons. The van der Waals surface area contributed by atoms with E-state index in [1.807, 2.05) is 19.1 Å². The number of terminal acetylenes is 1. The molecule has 1 N–H and O–H groups in total. The first-order valence-corrected chi connectivity index (χ1v) is 4.33. The average molecular weight is 200 g/mol. The SMILES string of the molecule is C#Cc1nn(C(=O)O)c2ccc(C)cc12. The molecule has 0 saturated heterocycles. The van der Waals surface area contributed by atoms with E-state index in [2.05, 4.69) is 11.0 Å². The Labute approximate surface area is 86.1 Å². The molecule has 0 unspecified atom stereocenters. The van der Waals surface area contributed by atoms with Gasteiger partial charge in [-0.05, 0) is 25.0 Å². The number of fused-ring (bicyclic) bond motifs is 1. The largest absolute Gasteiger partial charge is 0.463 e. The summed E-state index contributed by atoms with van der Waals surface area (Å²) in [6, 6.07) is 5.35. The van der Waals surface area contributed by atoms with Gasteiger partial charge in [-0.1, -0.05) is 11.6 Å². The number of aryl methyl sites for hydroxylation is 1. The van der Waals surface area contributed by atoms with E-state index in [0.29, 0.717) is 16.6 Å². The summed E-state index contributed by atoms with van der Waals surface area (Å²) in [5.41, 5.74) is 1.89. The third-order valence-electron chi connectivity index (χ3n) is 2.15. The van der Waals surface area contributed by atoms with Crippen molar-refractivity contribution in [3.63, 3.8) is 0 Å². The van der Waals surface area contributed by atoms with Crippen molar-refractivity contribution < 1.29 is 9.90 Å². The first-order chi connectivity index (χ1) is 7.13. The number of nitrogens with zero attached hydrogens (tertiary/aromatic N) is 2. The number of benzene rings is 1. The molecule has 0 radical (unpaired) electrons. The van der Waals surface area contributed by atoms with Crippen LogP contribution in [0.25, 0.3) is 10.9 Å². The molecule has 0 fully saturated rings. The van der Waals surface area contributed by atoms with Gasteiger partial charge in [0.15, 0.2) is 0 Å². The van der Waals surface area contributed by atoms with Crippen molar-refractivity contribution >= 4 is 17.0 Å². The molecule has 0 amide bonds. The second-order valence-electron chi connectivity index (χ2n) is 3.21. The van der Waals surface area contributed by atoms with Crippen molar-refractivity contribution in [2.45, 2.75) is 6.92 Å². The highest BCUT2D eigenvalue weighted by Crippen LogP contribution is 2.19. The van der Waals surface area contributed by atoms with Crippen molar-refractivity contribution in [1.82, 2.24) is 9.78 Å². The molecule has 0 aliphatic rings. The van der Waals surface area contributed by atoms with E-state index in [1.54, 1.807) is 6.07 Å². The van der Waals surface area contributed by atoms with E-state index in [-0.39, 0.29) is 0 Å². The van der Waals surface area contributed by atoms with Crippen LogP contribution >= 0.6 is 0 Å². The minimum atomic E-state index is -1.13. The molecule has 0 saturated carbocycles. The predicted molar refractivity (Wildman–Crippen MR) is 55.8 cm³/mol. The molecule has 0 bridgehead atoms. The van der Waals surface area contributed by atoms with Crippen molar-refractivity contribution in [3.05, 3.63) is 29.5 Å². The van der Waals surface area contributed by atoms with Crippen molar-refractivity contribution in [3.8, 4) is 12.3 Å². The Balaban J connectivity index is 2.88. The van der Waals surface area contributed by atoms with Crippen molar-refractivity contribution in [2.24, 2.45) is 0 Å². The lowest BCUT2D eigenvalue weighted by Crippen LogP contribution is -2.09. The van der Waals surface area contributed by atoms with Gasteiger partial charge < -0.3 is 5.11 Å². The molecule has 0 aliphatic heterocycles. The molecule has 15 heavy (non-hydrogen) atoms. The van der Waals surface area contributed by atoms with Gasteiger partial charge in [0.25, 0.3) is 0 Å². The summed E-state index contributed by atoms with van der Waals surface area (Å²) in [4.78, 5) is 10.9. The number of rotatable bonds is 0. The molecular weight excluding hydrogens is 192 g/mol. The Bertz CT molecular complexity index is 590. The van der Waals surface area contributed by atoms with Crippen LogP contribution in [0.5, 0.6) is 0 Å². The maximum absolute atomic E-state index is 10.9. The molecule has 0 spiro atoms. The van der Waals surface area contributed by atoms with Crippen LogP contribution in [-0.4, -0.2) is 21.0 Å². The van der Waals surface area contributed by atoms with E-state index >= 15 is 0 Å². The van der Waals surface area contributed by atoms with Crippen molar-refractivity contribution in [1.29, 1.82) is 0 Å². The Hall–Kier alpha value is -2.28. The van der Waals surface area contributed by atoms with Gasteiger partial charge in [0.1, 0.15) is 5.69 Å². The molecule has 4 nitrogen and oxygen atoms in total. The van der Waals surface area contributed by atoms with Gasteiger partial charge >= 0.3 is 6.09 Å². The van der Waals surface area contributed by atoms with Gasteiger partial charge in [-0.2, -0.15) is 9.78 Å². The zero-order valence-electron chi connectivity index (χ0n) is 8.06. The van der Waals surface area contributed by atoms with E-state index in [9.17, 15) is 4.79 Å². The van der Waals surface area contributed by atoms with E-state index < -0.39 is 6.09 Å². The second-order valence-corrected chi connectivity index (χ2v) is 3.21. The summed E-state index contributed by atoms with van der Waals surface area (Å²) in [6.45, 7) is 1.91. The fraction of sp³-hybridized carbons (Fsp3) is 0.0909. The highest BCUT2D eigenvalue weighted by molar-refractivity contribution is 5.91. The first kappa shape index (κ1) is 9.28. The van der Waals surface area contributed by atoms with Crippen LogP contribution in [-0.2, 0) is 0 Å². The molecule has 4 heteroatoms. The lowest BCUT2D eigenvalue weighted by Gasteiger charge is -1.95. The lowest BCUT2D eigenvalue weighted by molar-refractivity contribution is 0.194. The second kappa shape index (κ2) is 3.14. The minimum absolute atomic E-state index is 0.358.